The van der Waals surface area contributed by atoms with Gasteiger partial charge >= 0.3 is 0 Å². The molecule has 0 saturated heterocycles. The van der Waals surface area contributed by atoms with Crippen LogP contribution in [0.4, 0.5) is 14.5 Å². The van der Waals surface area contributed by atoms with Crippen LogP contribution in [0.3, 0.4) is 0 Å². The fraction of sp³-hybridized carbons (Fsp3) is 0.154. The summed E-state index contributed by atoms with van der Waals surface area (Å²) in [6.07, 6.45) is 0.468. The summed E-state index contributed by atoms with van der Waals surface area (Å²) in [5.41, 5.74) is 2.87. The first-order valence-electron chi connectivity index (χ1n) is 11.3. The van der Waals surface area contributed by atoms with Gasteiger partial charge in [0, 0.05) is 17.3 Å². The van der Waals surface area contributed by atoms with Gasteiger partial charge < -0.3 is 5.32 Å². The highest BCUT2D eigenvalue weighted by Gasteiger charge is 2.22. The van der Waals surface area contributed by atoms with Gasteiger partial charge in [0.1, 0.15) is 6.54 Å². The first kappa shape index (κ1) is 24.9. The Labute approximate surface area is 220 Å². The molecule has 0 bridgehead atoms. The summed E-state index contributed by atoms with van der Waals surface area (Å²) in [4.78, 5) is 17.4. The molecule has 3 heterocycles. The summed E-state index contributed by atoms with van der Waals surface area (Å²) in [5, 5.41) is 12.5. The lowest BCUT2D eigenvalue weighted by molar-refractivity contribution is -0.116. The van der Waals surface area contributed by atoms with Crippen LogP contribution in [-0.4, -0.2) is 30.5 Å². The van der Waals surface area contributed by atoms with Gasteiger partial charge in [-0.3, -0.25) is 9.48 Å². The topological polar surface area (TPSA) is 77.6 Å². The normalized spacial score (nSPS) is 11.4. The number of carbonyl (C=O) groups excluding carboxylic acids is 1. The molecular weight excluding hydrogens is 521 g/mol. The quantitative estimate of drug-likeness (QED) is 0.254. The number of anilines is 1. The Morgan fingerprint density at radius 3 is 2.59 bits per heavy atom. The predicted molar refractivity (Wildman–Crippen MR) is 139 cm³/mol. The molecule has 5 rings (SSSR count). The van der Waals surface area contributed by atoms with Gasteiger partial charge in [-0.2, -0.15) is 10.2 Å². The zero-order valence-electron chi connectivity index (χ0n) is 19.5. The number of carbonyl (C=O) groups is 1. The Morgan fingerprint density at radius 2 is 1.86 bits per heavy atom. The van der Waals surface area contributed by atoms with E-state index in [0.29, 0.717) is 39.2 Å². The zero-order chi connectivity index (χ0) is 26.1. The van der Waals surface area contributed by atoms with E-state index in [1.165, 1.54) is 16.9 Å². The summed E-state index contributed by atoms with van der Waals surface area (Å²) in [7, 11) is 0. The molecule has 0 aliphatic carbocycles. The molecule has 0 aliphatic heterocycles. The maximum Gasteiger partial charge on any atom is 0.264 e. The van der Waals surface area contributed by atoms with Crippen LogP contribution >= 0.6 is 23.2 Å². The number of aryl methyl sites for hydroxylation is 1. The minimum atomic E-state index is -2.72. The van der Waals surface area contributed by atoms with Crippen molar-refractivity contribution in [2.45, 2.75) is 26.4 Å². The van der Waals surface area contributed by atoms with Crippen LogP contribution in [0.25, 0.3) is 22.3 Å². The average molecular weight is 541 g/mol. The number of benzene rings is 2. The highest BCUT2D eigenvalue weighted by Crippen LogP contribution is 2.33. The third-order valence-electron chi connectivity index (χ3n) is 5.75. The molecule has 37 heavy (non-hydrogen) atoms. The molecule has 5 aromatic rings. The summed E-state index contributed by atoms with van der Waals surface area (Å²) < 4.78 is 30.9. The molecule has 0 spiro atoms. The number of nitrogens with zero attached hydrogens (tertiary/aromatic N) is 5. The van der Waals surface area contributed by atoms with E-state index in [1.54, 1.807) is 54.2 Å². The molecule has 1 N–H and O–H groups in total. The van der Waals surface area contributed by atoms with E-state index in [-0.39, 0.29) is 23.1 Å². The Balaban J connectivity index is 1.38. The number of nitrogens with one attached hydrogen (secondary N) is 1. The molecule has 1 amide bonds. The van der Waals surface area contributed by atoms with E-state index in [2.05, 4.69) is 20.5 Å². The smallest absolute Gasteiger partial charge is 0.264 e. The molecule has 11 heteroatoms. The number of fused-ring (bicyclic) bond motifs is 1. The molecule has 7 nitrogen and oxygen atoms in total. The maximum atomic E-state index is 14.0. The average Bonchev–Trinajstić information content (AvgIpc) is 3.44. The van der Waals surface area contributed by atoms with Crippen LogP contribution in [0.15, 0.2) is 67.0 Å². The molecule has 3 aromatic heterocycles. The lowest BCUT2D eigenvalue weighted by Crippen LogP contribution is -2.19. The van der Waals surface area contributed by atoms with E-state index >= 15 is 0 Å². The minimum Gasteiger partial charge on any atom is -0.322 e. The fourth-order valence-electron chi connectivity index (χ4n) is 4.10. The summed E-state index contributed by atoms with van der Waals surface area (Å²) >= 11 is 12.0. The van der Waals surface area contributed by atoms with Crippen molar-refractivity contribution in [3.63, 3.8) is 0 Å². The molecule has 0 aliphatic rings. The Hall–Kier alpha value is -3.82. The van der Waals surface area contributed by atoms with Crippen LogP contribution < -0.4 is 5.32 Å². The number of pyridine rings is 1. The maximum absolute atomic E-state index is 14.0. The van der Waals surface area contributed by atoms with Crippen LogP contribution in [0, 0.1) is 6.92 Å². The van der Waals surface area contributed by atoms with Gasteiger partial charge in [-0.15, -0.1) is 0 Å². The van der Waals surface area contributed by atoms with Crippen molar-refractivity contribution in [2.75, 3.05) is 5.32 Å². The number of aromatic nitrogens is 5. The first-order valence-corrected chi connectivity index (χ1v) is 12.0. The predicted octanol–water partition coefficient (Wildman–Crippen LogP) is 6.53. The van der Waals surface area contributed by atoms with Crippen LogP contribution in [0.1, 0.15) is 23.2 Å². The molecule has 0 radical (unpaired) electrons. The van der Waals surface area contributed by atoms with Crippen molar-refractivity contribution in [1.29, 1.82) is 0 Å². The van der Waals surface area contributed by atoms with Crippen LogP contribution in [0.2, 0.25) is 10.0 Å². The van der Waals surface area contributed by atoms with Crippen LogP contribution in [0.5, 0.6) is 0 Å². The monoisotopic (exact) mass is 540 g/mol. The SMILES string of the molecule is Cc1nn(CC(=O)Nc2cnn(Cc3ccc(Cl)c(Cl)c3)c2)c2nc(-c3ccccc3)cc(C(F)F)c12. The van der Waals surface area contributed by atoms with Crippen molar-refractivity contribution in [3.8, 4) is 11.3 Å². The third kappa shape index (κ3) is 5.33. The highest BCUT2D eigenvalue weighted by molar-refractivity contribution is 6.42. The Kier molecular flexibility index (Phi) is 6.90. The van der Waals surface area contributed by atoms with E-state index in [9.17, 15) is 13.6 Å². The second-order valence-electron chi connectivity index (χ2n) is 8.43. The van der Waals surface area contributed by atoms with Gasteiger partial charge in [-0.05, 0) is 30.7 Å². The van der Waals surface area contributed by atoms with Gasteiger partial charge in [0.25, 0.3) is 6.43 Å². The van der Waals surface area contributed by atoms with Gasteiger partial charge in [0.15, 0.2) is 5.65 Å². The molecule has 0 fully saturated rings. The lowest BCUT2D eigenvalue weighted by atomic mass is 10.1. The Morgan fingerprint density at radius 1 is 1.08 bits per heavy atom. The van der Waals surface area contributed by atoms with Crippen molar-refractivity contribution < 1.29 is 13.6 Å². The first-order chi connectivity index (χ1) is 17.8. The largest absolute Gasteiger partial charge is 0.322 e. The number of alkyl halides is 2. The number of hydrogen-bond donors (Lipinski definition) is 1. The molecule has 0 unspecified atom stereocenters. The van der Waals surface area contributed by atoms with E-state index in [4.69, 9.17) is 23.2 Å². The molecule has 0 atom stereocenters. The van der Waals surface area contributed by atoms with Gasteiger partial charge in [0.05, 0.1) is 45.2 Å². The van der Waals surface area contributed by atoms with Crippen LogP contribution in [-0.2, 0) is 17.9 Å². The van der Waals surface area contributed by atoms with Crippen molar-refractivity contribution in [3.05, 3.63) is 93.9 Å². The Bertz CT molecular complexity index is 1600. The van der Waals surface area contributed by atoms with E-state index < -0.39 is 12.3 Å². The van der Waals surface area contributed by atoms with Crippen molar-refractivity contribution in [1.82, 2.24) is 24.5 Å². The van der Waals surface area contributed by atoms with Gasteiger partial charge in [-0.1, -0.05) is 59.6 Å². The summed E-state index contributed by atoms with van der Waals surface area (Å²) in [6, 6.07) is 15.7. The number of hydrogen-bond acceptors (Lipinski definition) is 4. The number of halogens is 4. The van der Waals surface area contributed by atoms with Crippen molar-refractivity contribution in [2.24, 2.45) is 0 Å². The summed E-state index contributed by atoms with van der Waals surface area (Å²) in [6.45, 7) is 1.84. The fourth-order valence-corrected chi connectivity index (χ4v) is 4.42. The standard InChI is InChI=1S/C26H20Cl2F2N6O/c1-15-24-19(25(29)30)10-22(17-5-3-2-4-6-17)33-26(24)36(34-15)14-23(37)32-18-11-31-35(13-18)12-16-7-8-20(27)21(28)9-16/h2-11,13,25H,12,14H2,1H3,(H,32,37). The summed E-state index contributed by atoms with van der Waals surface area (Å²) in [5.74, 6) is -0.399. The van der Waals surface area contributed by atoms with Gasteiger partial charge in [-0.25, -0.2) is 18.4 Å². The molecule has 2 aromatic carbocycles. The lowest BCUT2D eigenvalue weighted by Gasteiger charge is -2.09. The molecular formula is C26H20Cl2F2N6O. The molecule has 0 saturated carbocycles. The zero-order valence-corrected chi connectivity index (χ0v) is 21.0. The van der Waals surface area contributed by atoms with E-state index in [0.717, 1.165) is 5.56 Å². The minimum absolute atomic E-state index is 0.170. The van der Waals surface area contributed by atoms with E-state index in [1.807, 2.05) is 12.1 Å². The second-order valence-corrected chi connectivity index (χ2v) is 9.24. The van der Waals surface area contributed by atoms with Crippen molar-refractivity contribution >= 4 is 45.8 Å². The van der Waals surface area contributed by atoms with Gasteiger partial charge in [0.2, 0.25) is 5.91 Å². The number of rotatable bonds is 7. The third-order valence-corrected chi connectivity index (χ3v) is 6.49. The highest BCUT2D eigenvalue weighted by atomic mass is 35.5. The number of amides is 1. The molecule has 188 valence electrons. The second kappa shape index (κ2) is 10.3.